The highest BCUT2D eigenvalue weighted by molar-refractivity contribution is 5.90. The maximum atomic E-state index is 11.5. The Morgan fingerprint density at radius 3 is 2.71 bits per heavy atom. The number of hydrogen-bond acceptors (Lipinski definition) is 5. The van der Waals surface area contributed by atoms with E-state index in [1.807, 2.05) is 0 Å². The first-order chi connectivity index (χ1) is 9.95. The Kier molecular flexibility index (Phi) is 5.89. The molecule has 1 aromatic rings. The molecule has 1 N–H and O–H groups in total. The summed E-state index contributed by atoms with van der Waals surface area (Å²) in [4.78, 5) is 32.6. The van der Waals surface area contributed by atoms with Crippen molar-refractivity contribution >= 4 is 17.6 Å². The van der Waals surface area contributed by atoms with E-state index in [9.17, 15) is 19.7 Å². The minimum Gasteiger partial charge on any atom is -0.462 e. The SMILES string of the molecule is CCOC(=O)c1ccc(C#CCNC(C)=O)c([N+](=O)[O-])c1. The van der Waals surface area contributed by atoms with Gasteiger partial charge in [0.05, 0.1) is 23.6 Å². The molecule has 0 aromatic heterocycles. The van der Waals surface area contributed by atoms with Crippen LogP contribution in [0.2, 0.25) is 0 Å². The minimum absolute atomic E-state index is 0.0894. The molecule has 7 heteroatoms. The summed E-state index contributed by atoms with van der Waals surface area (Å²) in [6, 6.07) is 3.92. The summed E-state index contributed by atoms with van der Waals surface area (Å²) >= 11 is 0. The maximum Gasteiger partial charge on any atom is 0.338 e. The van der Waals surface area contributed by atoms with E-state index in [4.69, 9.17) is 4.74 Å². The molecule has 0 saturated carbocycles. The van der Waals surface area contributed by atoms with Gasteiger partial charge < -0.3 is 10.1 Å². The van der Waals surface area contributed by atoms with Gasteiger partial charge in [0.15, 0.2) is 0 Å². The van der Waals surface area contributed by atoms with Crippen molar-refractivity contribution in [1.29, 1.82) is 0 Å². The van der Waals surface area contributed by atoms with Crippen molar-refractivity contribution in [2.75, 3.05) is 13.2 Å². The monoisotopic (exact) mass is 290 g/mol. The largest absolute Gasteiger partial charge is 0.462 e. The third-order valence-electron chi connectivity index (χ3n) is 2.35. The van der Waals surface area contributed by atoms with Gasteiger partial charge in [-0.15, -0.1) is 0 Å². The lowest BCUT2D eigenvalue weighted by Crippen LogP contribution is -2.19. The van der Waals surface area contributed by atoms with Gasteiger partial charge in [-0.05, 0) is 19.1 Å². The molecule has 0 atom stereocenters. The topological polar surface area (TPSA) is 98.5 Å². The molecule has 0 aliphatic carbocycles. The van der Waals surface area contributed by atoms with E-state index in [0.717, 1.165) is 6.07 Å². The van der Waals surface area contributed by atoms with E-state index in [-0.39, 0.29) is 35.9 Å². The summed E-state index contributed by atoms with van der Waals surface area (Å²) in [5, 5.41) is 13.5. The highest BCUT2D eigenvalue weighted by atomic mass is 16.6. The van der Waals surface area contributed by atoms with E-state index in [0.29, 0.717) is 0 Å². The normalized spacial score (nSPS) is 9.24. The van der Waals surface area contributed by atoms with E-state index >= 15 is 0 Å². The van der Waals surface area contributed by atoms with Gasteiger partial charge >= 0.3 is 5.97 Å². The third kappa shape index (κ3) is 4.95. The molecule has 0 aliphatic rings. The smallest absolute Gasteiger partial charge is 0.338 e. The number of nitrogens with one attached hydrogen (secondary N) is 1. The van der Waals surface area contributed by atoms with E-state index in [1.165, 1.54) is 19.1 Å². The first-order valence-corrected chi connectivity index (χ1v) is 6.14. The van der Waals surface area contributed by atoms with Crippen LogP contribution in [0.1, 0.15) is 29.8 Å². The fourth-order valence-corrected chi connectivity index (χ4v) is 1.44. The summed E-state index contributed by atoms with van der Waals surface area (Å²) in [7, 11) is 0. The number of benzene rings is 1. The first-order valence-electron chi connectivity index (χ1n) is 6.14. The van der Waals surface area contributed by atoms with Crippen LogP contribution in [0.5, 0.6) is 0 Å². The first kappa shape index (κ1) is 16.2. The lowest BCUT2D eigenvalue weighted by atomic mass is 10.1. The molecule has 0 bridgehead atoms. The van der Waals surface area contributed by atoms with Gasteiger partial charge in [0.25, 0.3) is 5.69 Å². The van der Waals surface area contributed by atoms with Crippen LogP contribution in [0.15, 0.2) is 18.2 Å². The molecule has 7 nitrogen and oxygen atoms in total. The van der Waals surface area contributed by atoms with Crippen LogP contribution in [-0.4, -0.2) is 30.0 Å². The lowest BCUT2D eigenvalue weighted by molar-refractivity contribution is -0.385. The molecular weight excluding hydrogens is 276 g/mol. The molecule has 0 aliphatic heterocycles. The lowest BCUT2D eigenvalue weighted by Gasteiger charge is -2.02. The number of nitrogens with zero attached hydrogens (tertiary/aromatic N) is 1. The molecule has 1 rings (SSSR count). The number of ether oxygens (including phenoxy) is 1. The van der Waals surface area contributed by atoms with Crippen molar-refractivity contribution in [1.82, 2.24) is 5.32 Å². The van der Waals surface area contributed by atoms with Crippen LogP contribution in [-0.2, 0) is 9.53 Å². The number of nitro groups is 1. The average molecular weight is 290 g/mol. The maximum absolute atomic E-state index is 11.5. The summed E-state index contributed by atoms with van der Waals surface area (Å²) in [6.07, 6.45) is 0. The fourth-order valence-electron chi connectivity index (χ4n) is 1.44. The van der Waals surface area contributed by atoms with Crippen LogP contribution in [0.4, 0.5) is 5.69 Å². The summed E-state index contributed by atoms with van der Waals surface area (Å²) in [6.45, 7) is 3.27. The van der Waals surface area contributed by atoms with Gasteiger partial charge in [-0.2, -0.15) is 0 Å². The molecule has 0 unspecified atom stereocenters. The Morgan fingerprint density at radius 1 is 1.43 bits per heavy atom. The molecule has 0 spiro atoms. The average Bonchev–Trinajstić information content (AvgIpc) is 2.43. The predicted octanol–water partition coefficient (Wildman–Crippen LogP) is 1.26. The zero-order valence-electron chi connectivity index (χ0n) is 11.6. The van der Waals surface area contributed by atoms with Crippen LogP contribution < -0.4 is 5.32 Å². The second-order valence-electron chi connectivity index (χ2n) is 3.92. The van der Waals surface area contributed by atoms with E-state index < -0.39 is 10.9 Å². The van der Waals surface area contributed by atoms with Gasteiger partial charge in [0.2, 0.25) is 5.91 Å². The molecule has 1 aromatic carbocycles. The molecule has 0 saturated heterocycles. The minimum atomic E-state index is -0.627. The molecule has 1 amide bonds. The highest BCUT2D eigenvalue weighted by Gasteiger charge is 2.16. The van der Waals surface area contributed by atoms with Crippen molar-refractivity contribution in [2.24, 2.45) is 0 Å². The Bertz CT molecular complexity index is 628. The Labute approximate surface area is 121 Å². The molecule has 0 fully saturated rings. The molecule has 0 radical (unpaired) electrons. The van der Waals surface area contributed by atoms with Crippen LogP contribution in [0.3, 0.4) is 0 Å². The summed E-state index contributed by atoms with van der Waals surface area (Å²) < 4.78 is 4.78. The number of carbonyl (C=O) groups is 2. The van der Waals surface area contributed by atoms with E-state index in [1.54, 1.807) is 6.92 Å². The number of nitro benzene ring substituents is 1. The van der Waals surface area contributed by atoms with Gasteiger partial charge in [0, 0.05) is 13.0 Å². The Balaban J connectivity index is 3.02. The van der Waals surface area contributed by atoms with Crippen LogP contribution in [0, 0.1) is 22.0 Å². The molecule has 0 heterocycles. The number of carbonyl (C=O) groups excluding carboxylic acids is 2. The number of rotatable bonds is 4. The number of esters is 1. The van der Waals surface area contributed by atoms with Crippen LogP contribution >= 0.6 is 0 Å². The van der Waals surface area contributed by atoms with Crippen molar-refractivity contribution in [3.05, 3.63) is 39.4 Å². The zero-order chi connectivity index (χ0) is 15.8. The van der Waals surface area contributed by atoms with Crippen molar-refractivity contribution < 1.29 is 19.2 Å². The second kappa shape index (κ2) is 7.65. The zero-order valence-corrected chi connectivity index (χ0v) is 11.6. The number of amides is 1. The van der Waals surface area contributed by atoms with Crippen molar-refractivity contribution in [3.63, 3.8) is 0 Å². The third-order valence-corrected chi connectivity index (χ3v) is 2.35. The standard InChI is InChI=1S/C14H14N2O5/c1-3-21-14(18)12-7-6-11(13(9-12)16(19)20)5-4-8-15-10(2)17/h6-7,9H,3,8H2,1-2H3,(H,15,17). The van der Waals surface area contributed by atoms with Gasteiger partial charge in [-0.3, -0.25) is 14.9 Å². The van der Waals surface area contributed by atoms with Gasteiger partial charge in [-0.25, -0.2) is 4.79 Å². The van der Waals surface area contributed by atoms with Crippen molar-refractivity contribution in [3.8, 4) is 11.8 Å². The fraction of sp³-hybridized carbons (Fsp3) is 0.286. The molecule has 21 heavy (non-hydrogen) atoms. The van der Waals surface area contributed by atoms with Crippen LogP contribution in [0.25, 0.3) is 0 Å². The Morgan fingerprint density at radius 2 is 2.14 bits per heavy atom. The summed E-state index contributed by atoms with van der Waals surface area (Å²) in [5.41, 5.74) is -0.0229. The molecule has 110 valence electrons. The summed E-state index contributed by atoms with van der Waals surface area (Å²) in [5.74, 6) is 4.32. The van der Waals surface area contributed by atoms with Gasteiger partial charge in [0.1, 0.15) is 5.56 Å². The van der Waals surface area contributed by atoms with Crippen molar-refractivity contribution in [2.45, 2.75) is 13.8 Å². The predicted molar refractivity (Wildman–Crippen MR) is 74.6 cm³/mol. The molecular formula is C14H14N2O5. The van der Waals surface area contributed by atoms with E-state index in [2.05, 4.69) is 17.2 Å². The quantitative estimate of drug-likeness (QED) is 0.389. The van der Waals surface area contributed by atoms with Gasteiger partial charge in [-0.1, -0.05) is 11.8 Å². The number of hydrogen-bond donors (Lipinski definition) is 1. The second-order valence-corrected chi connectivity index (χ2v) is 3.92. The highest BCUT2D eigenvalue weighted by Crippen LogP contribution is 2.20. The Hall–Kier alpha value is -2.88.